The molecule has 3 aromatic rings. The maximum atomic E-state index is 10.5. The molecule has 2 N–H and O–H groups in total. The molecule has 0 aromatic carbocycles. The van der Waals surface area contributed by atoms with Crippen molar-refractivity contribution in [2.75, 3.05) is 31.1 Å². The number of aliphatic hydroxyl groups excluding tert-OH is 1. The predicted octanol–water partition coefficient (Wildman–Crippen LogP) is 2.21. The molecule has 1 atom stereocenters. The topological polar surface area (TPSA) is 81.2 Å². The van der Waals surface area contributed by atoms with Gasteiger partial charge in [0.15, 0.2) is 0 Å². The summed E-state index contributed by atoms with van der Waals surface area (Å²) in [6.07, 6.45) is 11.9. The Morgan fingerprint density at radius 1 is 1.18 bits per heavy atom. The van der Waals surface area contributed by atoms with Crippen LogP contribution in [-0.4, -0.2) is 62.2 Å². The summed E-state index contributed by atoms with van der Waals surface area (Å²) in [5, 5.41) is 11.7. The van der Waals surface area contributed by atoms with Crippen molar-refractivity contribution in [2.45, 2.75) is 31.9 Å². The van der Waals surface area contributed by atoms with Gasteiger partial charge in [-0.3, -0.25) is 9.88 Å². The number of nitrogens with one attached hydrogen (secondary N) is 1. The van der Waals surface area contributed by atoms with Gasteiger partial charge in [0.1, 0.15) is 11.5 Å². The Kier molecular flexibility index (Phi) is 4.49. The summed E-state index contributed by atoms with van der Waals surface area (Å²) in [6, 6.07) is 4.13. The number of aromatic nitrogens is 4. The summed E-state index contributed by atoms with van der Waals surface area (Å²) >= 11 is 0. The van der Waals surface area contributed by atoms with Crippen molar-refractivity contribution in [1.29, 1.82) is 0 Å². The third kappa shape index (κ3) is 3.36. The Morgan fingerprint density at radius 3 is 2.89 bits per heavy atom. The van der Waals surface area contributed by atoms with Crippen molar-refractivity contribution in [2.24, 2.45) is 5.41 Å². The van der Waals surface area contributed by atoms with Crippen LogP contribution in [0.5, 0.6) is 0 Å². The number of hydrogen-bond acceptors (Lipinski definition) is 6. The fraction of sp³-hybridized carbons (Fsp3) is 0.476. The van der Waals surface area contributed by atoms with Crippen LogP contribution in [0, 0.1) is 5.41 Å². The van der Waals surface area contributed by atoms with E-state index in [1.54, 1.807) is 18.6 Å². The van der Waals surface area contributed by atoms with Gasteiger partial charge in [-0.05, 0) is 55.5 Å². The number of aliphatic hydroxyl groups is 1. The Hall–Kier alpha value is -2.51. The predicted molar refractivity (Wildman–Crippen MR) is 108 cm³/mol. The summed E-state index contributed by atoms with van der Waals surface area (Å²) in [7, 11) is 0. The van der Waals surface area contributed by atoms with Gasteiger partial charge in [0.2, 0.25) is 0 Å². The molecule has 3 aromatic heterocycles. The van der Waals surface area contributed by atoms with E-state index in [1.807, 2.05) is 12.3 Å². The number of pyridine rings is 1. The van der Waals surface area contributed by atoms with Gasteiger partial charge in [0.25, 0.3) is 0 Å². The zero-order chi connectivity index (χ0) is 19.0. The van der Waals surface area contributed by atoms with Gasteiger partial charge in [0.05, 0.1) is 12.3 Å². The number of likely N-dealkylation sites (tertiary alicyclic amines) is 1. The largest absolute Gasteiger partial charge is 0.391 e. The zero-order valence-corrected chi connectivity index (χ0v) is 16.0. The number of anilines is 1. The lowest BCUT2D eigenvalue weighted by Crippen LogP contribution is -2.54. The Bertz CT molecular complexity index is 934. The Morgan fingerprint density at radius 2 is 2.07 bits per heavy atom. The molecule has 0 saturated carbocycles. The van der Waals surface area contributed by atoms with Crippen molar-refractivity contribution in [3.8, 4) is 0 Å². The minimum Gasteiger partial charge on any atom is -0.391 e. The standard InChI is InChI=1S/C21H26N6O/c28-17-10-21(15-27(14-17)19-12-22-6-7-23-19)3-8-26(9-4-21)13-16-11-25-20-18(16)2-1-5-24-20/h1-2,5-7,11-12,17,28H,3-4,8-10,13-15H2,(H,24,25). The van der Waals surface area contributed by atoms with Gasteiger partial charge in [-0.15, -0.1) is 0 Å². The van der Waals surface area contributed by atoms with E-state index < -0.39 is 0 Å². The van der Waals surface area contributed by atoms with Crippen molar-refractivity contribution < 1.29 is 5.11 Å². The van der Waals surface area contributed by atoms with Crippen molar-refractivity contribution in [3.05, 3.63) is 48.7 Å². The molecule has 7 nitrogen and oxygen atoms in total. The van der Waals surface area contributed by atoms with E-state index in [0.29, 0.717) is 6.54 Å². The molecule has 2 fully saturated rings. The highest BCUT2D eigenvalue weighted by Crippen LogP contribution is 2.41. The quantitative estimate of drug-likeness (QED) is 0.727. The first-order chi connectivity index (χ1) is 13.7. The summed E-state index contributed by atoms with van der Waals surface area (Å²) < 4.78 is 0. The first-order valence-corrected chi connectivity index (χ1v) is 10.0. The zero-order valence-electron chi connectivity index (χ0n) is 16.0. The number of β-amino-alcohol motifs (C(OH)–C–C–N with tert-alkyl or cyclic N) is 1. The Balaban J connectivity index is 1.26. The van der Waals surface area contributed by atoms with Crippen molar-refractivity contribution in [3.63, 3.8) is 0 Å². The monoisotopic (exact) mass is 378 g/mol. The SMILES string of the molecule is OC1CN(c2cnccn2)CC2(CCN(Cc3c[nH]c4ncccc34)CC2)C1. The molecule has 2 saturated heterocycles. The van der Waals surface area contributed by atoms with Crippen LogP contribution in [0.15, 0.2) is 43.1 Å². The third-order valence-electron chi connectivity index (χ3n) is 6.35. The van der Waals surface area contributed by atoms with Crippen LogP contribution in [0.3, 0.4) is 0 Å². The van der Waals surface area contributed by atoms with Gasteiger partial charge < -0.3 is 15.0 Å². The second-order valence-corrected chi connectivity index (χ2v) is 8.29. The van der Waals surface area contributed by atoms with Crippen molar-refractivity contribution in [1.82, 2.24) is 24.8 Å². The Labute approximate surface area is 164 Å². The highest BCUT2D eigenvalue weighted by molar-refractivity contribution is 5.79. The fourth-order valence-corrected chi connectivity index (χ4v) is 4.91. The van der Waals surface area contributed by atoms with E-state index in [-0.39, 0.29) is 11.5 Å². The van der Waals surface area contributed by atoms with Gasteiger partial charge in [0, 0.05) is 49.8 Å². The molecule has 5 heterocycles. The van der Waals surface area contributed by atoms with Crippen molar-refractivity contribution >= 4 is 16.9 Å². The van der Waals surface area contributed by atoms with Gasteiger partial charge in [-0.2, -0.15) is 0 Å². The molecule has 0 aliphatic carbocycles. The maximum Gasteiger partial charge on any atom is 0.147 e. The summed E-state index contributed by atoms with van der Waals surface area (Å²) in [5.41, 5.74) is 2.43. The average Bonchev–Trinajstić information content (AvgIpc) is 3.13. The molecule has 5 rings (SSSR count). The number of H-pyrrole nitrogens is 1. The molecule has 0 bridgehead atoms. The molecule has 0 amide bonds. The summed E-state index contributed by atoms with van der Waals surface area (Å²) in [5.74, 6) is 0.870. The van der Waals surface area contributed by atoms with Crippen LogP contribution in [0.25, 0.3) is 11.0 Å². The smallest absolute Gasteiger partial charge is 0.147 e. The van der Waals surface area contributed by atoms with Crippen LogP contribution in [0.4, 0.5) is 5.82 Å². The number of rotatable bonds is 3. The molecule has 28 heavy (non-hydrogen) atoms. The number of fused-ring (bicyclic) bond motifs is 1. The fourth-order valence-electron chi connectivity index (χ4n) is 4.91. The second-order valence-electron chi connectivity index (χ2n) is 8.29. The van der Waals surface area contributed by atoms with Crippen LogP contribution in [-0.2, 0) is 6.54 Å². The van der Waals surface area contributed by atoms with Gasteiger partial charge in [-0.25, -0.2) is 9.97 Å². The molecule has 2 aliphatic heterocycles. The van der Waals surface area contributed by atoms with E-state index in [2.05, 4.69) is 42.0 Å². The van der Waals surface area contributed by atoms with E-state index >= 15 is 0 Å². The van der Waals surface area contributed by atoms with E-state index in [1.165, 1.54) is 10.9 Å². The minimum absolute atomic E-state index is 0.160. The molecule has 146 valence electrons. The van der Waals surface area contributed by atoms with E-state index in [0.717, 1.165) is 56.9 Å². The first kappa shape index (κ1) is 17.6. The number of aromatic amines is 1. The van der Waals surface area contributed by atoms with Crippen LogP contribution in [0.2, 0.25) is 0 Å². The van der Waals surface area contributed by atoms with Gasteiger partial charge in [-0.1, -0.05) is 0 Å². The lowest BCUT2D eigenvalue weighted by atomic mass is 9.71. The second kappa shape index (κ2) is 7.14. The normalized spacial score (nSPS) is 22.8. The molecule has 1 spiro atoms. The molecule has 0 radical (unpaired) electrons. The van der Waals surface area contributed by atoms with E-state index in [9.17, 15) is 5.11 Å². The summed E-state index contributed by atoms with van der Waals surface area (Å²) in [4.78, 5) is 21.0. The van der Waals surface area contributed by atoms with Crippen LogP contribution in [0.1, 0.15) is 24.8 Å². The first-order valence-electron chi connectivity index (χ1n) is 10.0. The lowest BCUT2D eigenvalue weighted by molar-refractivity contribution is 0.0245. The highest BCUT2D eigenvalue weighted by atomic mass is 16.3. The van der Waals surface area contributed by atoms with E-state index in [4.69, 9.17) is 0 Å². The molecule has 2 aliphatic rings. The molecular formula is C21H26N6O. The average molecular weight is 378 g/mol. The lowest BCUT2D eigenvalue weighted by Gasteiger charge is -2.49. The maximum absolute atomic E-state index is 10.5. The minimum atomic E-state index is -0.304. The number of piperidine rings is 2. The van der Waals surface area contributed by atoms with Gasteiger partial charge >= 0.3 is 0 Å². The molecule has 7 heteroatoms. The highest BCUT2D eigenvalue weighted by Gasteiger charge is 2.42. The number of nitrogens with zero attached hydrogens (tertiary/aromatic N) is 5. The van der Waals surface area contributed by atoms with Crippen LogP contribution < -0.4 is 4.90 Å². The molecular weight excluding hydrogens is 352 g/mol. The molecule has 1 unspecified atom stereocenters. The summed E-state index contributed by atoms with van der Waals surface area (Å²) in [6.45, 7) is 4.64. The number of hydrogen-bond donors (Lipinski definition) is 2. The van der Waals surface area contributed by atoms with Crippen LogP contribution >= 0.6 is 0 Å². The third-order valence-corrected chi connectivity index (χ3v) is 6.35.